The molecule has 0 fully saturated rings. The first-order chi connectivity index (χ1) is 9.10. The number of anilines is 1. The van der Waals surface area contributed by atoms with Crippen LogP contribution in [0.2, 0.25) is 0 Å². The van der Waals surface area contributed by atoms with Crippen molar-refractivity contribution >= 4 is 27.6 Å². The molecular weight excluding hydrogens is 317 g/mol. The molecule has 4 nitrogen and oxygen atoms in total. The van der Waals surface area contributed by atoms with Crippen molar-refractivity contribution < 1.29 is 18.3 Å². The highest BCUT2D eigenvalue weighted by atomic mass is 79.9. The Bertz CT molecular complexity index is 597. The third-order valence-corrected chi connectivity index (χ3v) is 3.08. The third kappa shape index (κ3) is 3.35. The van der Waals surface area contributed by atoms with Crippen molar-refractivity contribution in [2.24, 2.45) is 0 Å². The SMILES string of the molecule is COC(=O)c1ccc(CNc2ccc(Br)c(F)c2)o1. The van der Waals surface area contributed by atoms with Crippen LogP contribution in [0.4, 0.5) is 10.1 Å². The van der Waals surface area contributed by atoms with E-state index in [4.69, 9.17) is 4.42 Å². The van der Waals surface area contributed by atoms with Crippen LogP contribution in [0.3, 0.4) is 0 Å². The number of carbonyl (C=O) groups excluding carboxylic acids is 1. The third-order valence-electron chi connectivity index (χ3n) is 2.43. The highest BCUT2D eigenvalue weighted by molar-refractivity contribution is 9.10. The fourth-order valence-electron chi connectivity index (χ4n) is 1.48. The van der Waals surface area contributed by atoms with Crippen LogP contribution in [0.15, 0.2) is 39.2 Å². The molecule has 1 aromatic carbocycles. The Labute approximate surface area is 117 Å². The number of nitrogens with one attached hydrogen (secondary N) is 1. The van der Waals surface area contributed by atoms with Crippen molar-refractivity contribution in [1.82, 2.24) is 0 Å². The van der Waals surface area contributed by atoms with Gasteiger partial charge in [0.25, 0.3) is 0 Å². The van der Waals surface area contributed by atoms with E-state index in [-0.39, 0.29) is 11.6 Å². The molecule has 1 heterocycles. The Kier molecular flexibility index (Phi) is 4.21. The molecule has 0 saturated carbocycles. The molecular formula is C13H11BrFNO3. The van der Waals surface area contributed by atoms with E-state index in [1.54, 1.807) is 18.2 Å². The summed E-state index contributed by atoms with van der Waals surface area (Å²) in [6.07, 6.45) is 0. The second kappa shape index (κ2) is 5.88. The number of halogens is 2. The molecule has 0 amide bonds. The first-order valence-corrected chi connectivity index (χ1v) is 6.25. The summed E-state index contributed by atoms with van der Waals surface area (Å²) >= 11 is 3.08. The number of benzene rings is 1. The van der Waals surface area contributed by atoms with Gasteiger partial charge in [-0.3, -0.25) is 0 Å². The van der Waals surface area contributed by atoms with Crippen LogP contribution in [0, 0.1) is 5.82 Å². The first kappa shape index (κ1) is 13.6. The zero-order valence-electron chi connectivity index (χ0n) is 10.1. The molecule has 100 valence electrons. The summed E-state index contributed by atoms with van der Waals surface area (Å²) in [4.78, 5) is 11.2. The summed E-state index contributed by atoms with van der Waals surface area (Å²) in [6, 6.07) is 7.91. The molecule has 0 aliphatic heterocycles. The van der Waals surface area contributed by atoms with Gasteiger partial charge in [-0.15, -0.1) is 0 Å². The second-order valence-electron chi connectivity index (χ2n) is 3.74. The lowest BCUT2D eigenvalue weighted by Gasteiger charge is -2.05. The molecule has 6 heteroatoms. The normalized spacial score (nSPS) is 10.3. The molecule has 0 spiro atoms. The van der Waals surface area contributed by atoms with Crippen molar-refractivity contribution in [3.8, 4) is 0 Å². The number of rotatable bonds is 4. The molecule has 0 unspecified atom stereocenters. The van der Waals surface area contributed by atoms with Crippen molar-refractivity contribution in [2.45, 2.75) is 6.54 Å². The number of carbonyl (C=O) groups is 1. The Hall–Kier alpha value is -1.82. The predicted molar refractivity (Wildman–Crippen MR) is 71.5 cm³/mol. The van der Waals surface area contributed by atoms with Gasteiger partial charge in [0.15, 0.2) is 0 Å². The van der Waals surface area contributed by atoms with Gasteiger partial charge in [-0.05, 0) is 46.3 Å². The van der Waals surface area contributed by atoms with Crippen LogP contribution >= 0.6 is 15.9 Å². The maximum absolute atomic E-state index is 13.3. The molecule has 0 saturated heterocycles. The zero-order valence-corrected chi connectivity index (χ0v) is 11.7. The summed E-state index contributed by atoms with van der Waals surface area (Å²) in [6.45, 7) is 0.345. The Balaban J connectivity index is 2.00. The van der Waals surface area contributed by atoms with E-state index in [2.05, 4.69) is 26.0 Å². The van der Waals surface area contributed by atoms with Gasteiger partial charge >= 0.3 is 5.97 Å². The van der Waals surface area contributed by atoms with E-state index in [1.807, 2.05) is 0 Å². The number of ether oxygens (including phenoxy) is 1. The lowest BCUT2D eigenvalue weighted by atomic mass is 10.3. The summed E-state index contributed by atoms with van der Waals surface area (Å²) in [7, 11) is 1.29. The van der Waals surface area contributed by atoms with E-state index in [0.29, 0.717) is 22.5 Å². The first-order valence-electron chi connectivity index (χ1n) is 5.46. The smallest absolute Gasteiger partial charge is 0.373 e. The van der Waals surface area contributed by atoms with Crippen LogP contribution in [-0.4, -0.2) is 13.1 Å². The zero-order chi connectivity index (χ0) is 13.8. The van der Waals surface area contributed by atoms with Crippen molar-refractivity contribution in [1.29, 1.82) is 0 Å². The van der Waals surface area contributed by atoms with E-state index in [9.17, 15) is 9.18 Å². The minimum atomic E-state index is -0.527. The van der Waals surface area contributed by atoms with Crippen LogP contribution in [0.25, 0.3) is 0 Å². The predicted octanol–water partition coefficient (Wildman–Crippen LogP) is 3.58. The van der Waals surface area contributed by atoms with Crippen LogP contribution < -0.4 is 5.32 Å². The fourth-order valence-corrected chi connectivity index (χ4v) is 1.73. The maximum atomic E-state index is 13.3. The van der Waals surface area contributed by atoms with Gasteiger partial charge in [-0.2, -0.15) is 0 Å². The van der Waals surface area contributed by atoms with Gasteiger partial charge in [0.1, 0.15) is 11.6 Å². The topological polar surface area (TPSA) is 51.5 Å². The Morgan fingerprint density at radius 3 is 2.89 bits per heavy atom. The standard InChI is InChI=1S/C13H11BrFNO3/c1-18-13(17)12-5-3-9(19-12)7-16-8-2-4-10(14)11(15)6-8/h2-6,16H,7H2,1H3. The summed E-state index contributed by atoms with van der Waals surface area (Å²) in [5.41, 5.74) is 0.622. The monoisotopic (exact) mass is 327 g/mol. The average Bonchev–Trinajstić information content (AvgIpc) is 2.88. The molecule has 2 aromatic rings. The molecule has 1 aromatic heterocycles. The van der Waals surface area contributed by atoms with Crippen LogP contribution in [0.5, 0.6) is 0 Å². The molecule has 0 atom stereocenters. The number of esters is 1. The quantitative estimate of drug-likeness (QED) is 0.872. The molecule has 0 aliphatic carbocycles. The molecule has 0 bridgehead atoms. The Morgan fingerprint density at radius 2 is 2.21 bits per heavy atom. The van der Waals surface area contributed by atoms with E-state index >= 15 is 0 Å². The van der Waals surface area contributed by atoms with Gasteiger partial charge in [-0.25, -0.2) is 9.18 Å². The highest BCUT2D eigenvalue weighted by Gasteiger charge is 2.10. The van der Waals surface area contributed by atoms with Gasteiger partial charge in [0.2, 0.25) is 5.76 Å². The minimum Gasteiger partial charge on any atom is -0.463 e. The van der Waals surface area contributed by atoms with E-state index < -0.39 is 5.97 Å². The fraction of sp³-hybridized carbons (Fsp3) is 0.154. The number of hydrogen-bond acceptors (Lipinski definition) is 4. The molecule has 1 N–H and O–H groups in total. The minimum absolute atomic E-state index is 0.140. The van der Waals surface area contributed by atoms with E-state index in [1.165, 1.54) is 19.2 Å². The maximum Gasteiger partial charge on any atom is 0.373 e. The van der Waals surface area contributed by atoms with E-state index in [0.717, 1.165) is 0 Å². The van der Waals surface area contributed by atoms with Crippen molar-refractivity contribution in [2.75, 3.05) is 12.4 Å². The summed E-state index contributed by atoms with van der Waals surface area (Å²) in [5, 5.41) is 2.99. The lowest BCUT2D eigenvalue weighted by Crippen LogP contribution is -2.00. The molecule has 2 rings (SSSR count). The largest absolute Gasteiger partial charge is 0.463 e. The molecule has 0 radical (unpaired) electrons. The van der Waals surface area contributed by atoms with Gasteiger partial charge in [-0.1, -0.05) is 0 Å². The number of hydrogen-bond donors (Lipinski definition) is 1. The summed E-state index contributed by atoms with van der Waals surface area (Å²) in [5.74, 6) is -0.175. The lowest BCUT2D eigenvalue weighted by molar-refractivity contribution is 0.0563. The number of methoxy groups -OCH3 is 1. The van der Waals surface area contributed by atoms with Gasteiger partial charge < -0.3 is 14.5 Å². The van der Waals surface area contributed by atoms with Crippen LogP contribution in [-0.2, 0) is 11.3 Å². The summed E-state index contributed by atoms with van der Waals surface area (Å²) < 4.78 is 23.5. The van der Waals surface area contributed by atoms with Crippen LogP contribution in [0.1, 0.15) is 16.3 Å². The van der Waals surface area contributed by atoms with Gasteiger partial charge in [0, 0.05) is 5.69 Å². The molecule has 19 heavy (non-hydrogen) atoms. The second-order valence-corrected chi connectivity index (χ2v) is 4.59. The molecule has 0 aliphatic rings. The van der Waals surface area contributed by atoms with Crippen molar-refractivity contribution in [3.63, 3.8) is 0 Å². The van der Waals surface area contributed by atoms with Crippen molar-refractivity contribution in [3.05, 3.63) is 52.1 Å². The highest BCUT2D eigenvalue weighted by Crippen LogP contribution is 2.20. The number of furan rings is 1. The Morgan fingerprint density at radius 1 is 1.42 bits per heavy atom. The average molecular weight is 328 g/mol. The van der Waals surface area contributed by atoms with Gasteiger partial charge in [0.05, 0.1) is 18.1 Å².